The maximum Gasteiger partial charge on any atom is 0.471 e. The van der Waals surface area contributed by atoms with Gasteiger partial charge in [0.2, 0.25) is 0 Å². The fourth-order valence-electron chi connectivity index (χ4n) is 1.87. The molecule has 0 aromatic heterocycles. The Kier molecular flexibility index (Phi) is 9.05. The van der Waals surface area contributed by atoms with Gasteiger partial charge in [0.05, 0.1) is 26.9 Å². The van der Waals surface area contributed by atoms with E-state index in [0.29, 0.717) is 12.2 Å². The highest BCUT2D eigenvalue weighted by Gasteiger charge is 2.59. The lowest BCUT2D eigenvalue weighted by molar-refractivity contribution is -0.197. The van der Waals surface area contributed by atoms with Crippen molar-refractivity contribution in [3.63, 3.8) is 0 Å². The zero-order chi connectivity index (χ0) is 21.3. The Morgan fingerprint density at radius 3 is 1.89 bits per heavy atom. The molecule has 0 fully saturated rings. The number of rotatable bonds is 8. The van der Waals surface area contributed by atoms with Crippen LogP contribution in [0.1, 0.15) is 13.8 Å². The highest BCUT2D eigenvalue weighted by molar-refractivity contribution is 6.11. The van der Waals surface area contributed by atoms with E-state index in [1.165, 1.54) is 13.8 Å². The number of ether oxygens (including phenoxy) is 3. The fourth-order valence-corrected chi connectivity index (χ4v) is 1.87. The van der Waals surface area contributed by atoms with E-state index in [1.54, 1.807) is 5.92 Å². The van der Waals surface area contributed by atoms with Crippen molar-refractivity contribution in [2.45, 2.75) is 25.6 Å². The van der Waals surface area contributed by atoms with E-state index < -0.39 is 42.1 Å². The highest BCUT2D eigenvalue weighted by Crippen LogP contribution is 2.28. The van der Waals surface area contributed by atoms with Gasteiger partial charge in [0, 0.05) is 6.08 Å². The molecule has 1 amide bonds. The molecule has 0 saturated carbocycles. The van der Waals surface area contributed by atoms with Crippen LogP contribution in [0.3, 0.4) is 0 Å². The molecule has 0 aliphatic carbocycles. The first kappa shape index (κ1) is 24.0. The minimum Gasteiger partial charge on any atom is -0.466 e. The van der Waals surface area contributed by atoms with Crippen molar-refractivity contribution in [2.24, 2.45) is 0 Å². The molecular weight excluding hydrogens is 375 g/mol. The van der Waals surface area contributed by atoms with Crippen LogP contribution in [0.15, 0.2) is 12.2 Å². The molecule has 0 saturated heterocycles. The van der Waals surface area contributed by atoms with E-state index in [1.807, 2.05) is 0 Å². The number of amides is 1. The molecule has 0 unspecified atom stereocenters. The monoisotopic (exact) mass is 393 g/mol. The van der Waals surface area contributed by atoms with E-state index in [-0.39, 0.29) is 18.1 Å². The minimum absolute atomic E-state index is 0.248. The van der Waals surface area contributed by atoms with E-state index in [2.05, 4.69) is 14.2 Å². The van der Waals surface area contributed by atoms with Crippen LogP contribution in [0.25, 0.3) is 0 Å². The maximum atomic E-state index is 13.0. The summed E-state index contributed by atoms with van der Waals surface area (Å²) in [6.07, 6.45) is 0.434. The summed E-state index contributed by atoms with van der Waals surface area (Å²) in [7, 11) is 0.948. The zero-order valence-corrected chi connectivity index (χ0v) is 14.8. The maximum absolute atomic E-state index is 13.0. The standard InChI is InChI=1S/C16H18F3NO7/c1-5-10-20(12(22)16(17,18)19)15(13(23)26-6-2,14(24)27-7-3)9-8-11(21)25-4/h1,8-9H,6-7,10H2,2-4H3/b9-8-. The summed E-state index contributed by atoms with van der Waals surface area (Å²) < 4.78 is 52.7. The van der Waals surface area contributed by atoms with Gasteiger partial charge in [-0.1, -0.05) is 5.92 Å². The van der Waals surface area contributed by atoms with Gasteiger partial charge < -0.3 is 14.2 Å². The predicted molar refractivity (Wildman–Crippen MR) is 83.8 cm³/mol. The average molecular weight is 393 g/mol. The lowest BCUT2D eigenvalue weighted by Gasteiger charge is -2.36. The van der Waals surface area contributed by atoms with Crippen LogP contribution < -0.4 is 0 Å². The highest BCUT2D eigenvalue weighted by atomic mass is 19.4. The van der Waals surface area contributed by atoms with E-state index >= 15 is 0 Å². The van der Waals surface area contributed by atoms with E-state index in [0.717, 1.165) is 7.11 Å². The van der Waals surface area contributed by atoms with Gasteiger partial charge in [-0.25, -0.2) is 14.4 Å². The molecule has 27 heavy (non-hydrogen) atoms. The molecule has 0 aromatic rings. The number of alkyl halides is 3. The molecule has 8 nitrogen and oxygen atoms in total. The molecule has 150 valence electrons. The van der Waals surface area contributed by atoms with Crippen LogP contribution in [0.5, 0.6) is 0 Å². The van der Waals surface area contributed by atoms with E-state index in [4.69, 9.17) is 6.42 Å². The van der Waals surface area contributed by atoms with Gasteiger partial charge in [0.15, 0.2) is 0 Å². The number of halogens is 3. The van der Waals surface area contributed by atoms with E-state index in [9.17, 15) is 32.3 Å². The predicted octanol–water partition coefficient (Wildman–Crippen LogP) is 0.605. The van der Waals surface area contributed by atoms with Crippen LogP contribution in [0.2, 0.25) is 0 Å². The molecule has 0 rings (SSSR count). The summed E-state index contributed by atoms with van der Waals surface area (Å²) in [5.74, 6) is -5.13. The molecule has 0 N–H and O–H groups in total. The Morgan fingerprint density at radius 1 is 1.07 bits per heavy atom. The minimum atomic E-state index is -5.49. The number of carbonyl (C=O) groups is 4. The normalized spacial score (nSPS) is 11.4. The average Bonchev–Trinajstić information content (AvgIpc) is 2.59. The first-order valence-corrected chi connectivity index (χ1v) is 7.46. The van der Waals surface area contributed by atoms with Crippen molar-refractivity contribution >= 4 is 23.8 Å². The molecule has 0 atom stereocenters. The first-order valence-electron chi connectivity index (χ1n) is 7.46. The van der Waals surface area contributed by atoms with Gasteiger partial charge in [-0.3, -0.25) is 9.69 Å². The second-order valence-electron chi connectivity index (χ2n) is 4.66. The second-order valence-corrected chi connectivity index (χ2v) is 4.66. The molecule has 0 heterocycles. The van der Waals surface area contributed by atoms with Gasteiger partial charge >= 0.3 is 30.0 Å². The number of hydrogen-bond donors (Lipinski definition) is 0. The van der Waals surface area contributed by atoms with Crippen molar-refractivity contribution < 1.29 is 46.6 Å². The number of carbonyl (C=O) groups excluding carboxylic acids is 4. The molecule has 11 heteroatoms. The number of nitrogens with zero attached hydrogens (tertiary/aromatic N) is 1. The van der Waals surface area contributed by atoms with Crippen molar-refractivity contribution in [1.82, 2.24) is 4.90 Å². The SMILES string of the molecule is C#CCN(C(=O)C(F)(F)F)C(/C=C\C(=O)OC)(C(=O)OCC)C(=O)OCC. The van der Waals surface area contributed by atoms with Gasteiger partial charge in [0.25, 0.3) is 5.54 Å². The quantitative estimate of drug-likeness (QED) is 0.196. The second kappa shape index (κ2) is 10.2. The van der Waals surface area contributed by atoms with Crippen LogP contribution in [-0.4, -0.2) is 67.3 Å². The van der Waals surface area contributed by atoms with Gasteiger partial charge in [-0.15, -0.1) is 6.42 Å². The molecule has 0 spiro atoms. The molecular formula is C16H18F3NO7. The van der Waals surface area contributed by atoms with Crippen LogP contribution in [0, 0.1) is 12.3 Å². The Labute approximate surface area is 153 Å². The molecule has 0 aliphatic heterocycles. The van der Waals surface area contributed by atoms with Crippen molar-refractivity contribution in [3.8, 4) is 12.3 Å². The third-order valence-electron chi connectivity index (χ3n) is 3.00. The summed E-state index contributed by atoms with van der Waals surface area (Å²) in [5, 5.41) is 0. The van der Waals surface area contributed by atoms with Gasteiger partial charge in [0.1, 0.15) is 0 Å². The molecule has 0 bridgehead atoms. The van der Waals surface area contributed by atoms with Crippen LogP contribution in [0.4, 0.5) is 13.2 Å². The summed E-state index contributed by atoms with van der Waals surface area (Å²) in [5.41, 5.74) is -3.08. The molecule has 0 aromatic carbocycles. The lowest BCUT2D eigenvalue weighted by atomic mass is 9.95. The number of methoxy groups -OCH3 is 1. The fraction of sp³-hybridized carbons (Fsp3) is 0.500. The van der Waals surface area contributed by atoms with Crippen molar-refractivity contribution in [1.29, 1.82) is 0 Å². The third-order valence-corrected chi connectivity index (χ3v) is 3.00. The smallest absolute Gasteiger partial charge is 0.466 e. The Hall–Kier alpha value is -3.03. The van der Waals surface area contributed by atoms with Crippen LogP contribution >= 0.6 is 0 Å². The summed E-state index contributed by atoms with van der Waals surface area (Å²) in [4.78, 5) is 48.0. The first-order chi connectivity index (χ1) is 12.5. The Morgan fingerprint density at radius 2 is 1.56 bits per heavy atom. The third kappa shape index (κ3) is 5.73. The summed E-state index contributed by atoms with van der Waals surface area (Å²) in [6, 6.07) is 0. The number of hydrogen-bond acceptors (Lipinski definition) is 7. The summed E-state index contributed by atoms with van der Waals surface area (Å²) >= 11 is 0. The lowest BCUT2D eigenvalue weighted by Crippen LogP contribution is -2.64. The number of terminal acetylenes is 1. The van der Waals surface area contributed by atoms with Gasteiger partial charge in [-0.2, -0.15) is 13.2 Å². The van der Waals surface area contributed by atoms with Crippen LogP contribution in [-0.2, 0) is 33.4 Å². The zero-order valence-electron chi connectivity index (χ0n) is 14.8. The largest absolute Gasteiger partial charge is 0.471 e. The molecule has 0 aliphatic rings. The molecule has 0 radical (unpaired) electrons. The summed E-state index contributed by atoms with van der Waals surface area (Å²) in [6.45, 7) is 0.817. The Bertz CT molecular complexity index is 631. The van der Waals surface area contributed by atoms with Crippen molar-refractivity contribution in [3.05, 3.63) is 12.2 Å². The topological polar surface area (TPSA) is 99.2 Å². The Balaban J connectivity index is 6.77. The number of esters is 3. The van der Waals surface area contributed by atoms with Crippen molar-refractivity contribution in [2.75, 3.05) is 26.9 Å². The van der Waals surface area contributed by atoms with Gasteiger partial charge in [-0.05, 0) is 19.9 Å².